The minimum atomic E-state index is 0.302. The van der Waals surface area contributed by atoms with Gasteiger partial charge in [-0.3, -0.25) is 0 Å². The van der Waals surface area contributed by atoms with E-state index >= 15 is 0 Å². The summed E-state index contributed by atoms with van der Waals surface area (Å²) in [7, 11) is 0. The number of aromatic nitrogens is 2. The van der Waals surface area contributed by atoms with E-state index in [4.69, 9.17) is 11.0 Å². The Kier molecular flexibility index (Phi) is 3.29. The molecule has 0 saturated heterocycles. The van der Waals surface area contributed by atoms with Gasteiger partial charge >= 0.3 is 0 Å². The molecule has 0 aliphatic heterocycles. The molecule has 0 fully saturated rings. The minimum absolute atomic E-state index is 0.302. The molecule has 0 aliphatic carbocycles. The highest BCUT2D eigenvalue weighted by atomic mass is 15.1. The molecular weight excluding hydrogens is 166 g/mol. The molecule has 5 heteroatoms. The number of hydrogen-bond acceptors (Lipinski definition) is 4. The molecule has 0 aliphatic rings. The van der Waals surface area contributed by atoms with Crippen LogP contribution < -0.4 is 11.1 Å². The number of anilines is 1. The van der Waals surface area contributed by atoms with Crippen molar-refractivity contribution in [2.45, 2.75) is 13.5 Å². The quantitative estimate of drug-likeness (QED) is 0.635. The van der Waals surface area contributed by atoms with E-state index in [-0.39, 0.29) is 0 Å². The summed E-state index contributed by atoms with van der Waals surface area (Å²) < 4.78 is 1.77. The average Bonchev–Trinajstić information content (AvgIpc) is 2.48. The second-order valence-corrected chi connectivity index (χ2v) is 2.64. The predicted octanol–water partition coefficient (Wildman–Crippen LogP) is -0.0535. The van der Waals surface area contributed by atoms with Crippen molar-refractivity contribution < 1.29 is 0 Å². The second-order valence-electron chi connectivity index (χ2n) is 2.64. The molecular formula is C8H13N5. The molecule has 0 amide bonds. The normalized spacial score (nSPS) is 9.85. The van der Waals surface area contributed by atoms with E-state index in [1.54, 1.807) is 10.9 Å². The maximum atomic E-state index is 8.58. The lowest BCUT2D eigenvalue weighted by molar-refractivity contribution is 0.618. The van der Waals surface area contributed by atoms with Gasteiger partial charge in [0, 0.05) is 13.1 Å². The summed E-state index contributed by atoms with van der Waals surface area (Å²) in [6.45, 7) is 4.55. The first-order chi connectivity index (χ1) is 6.29. The van der Waals surface area contributed by atoms with Gasteiger partial charge in [-0.2, -0.15) is 5.26 Å². The summed E-state index contributed by atoms with van der Waals surface area (Å²) in [6.07, 6.45) is 1.59. The third-order valence-corrected chi connectivity index (χ3v) is 1.76. The fraction of sp³-hybridized carbons (Fsp3) is 0.500. The van der Waals surface area contributed by atoms with Gasteiger partial charge in [-0.15, -0.1) is 0 Å². The van der Waals surface area contributed by atoms with E-state index in [1.165, 1.54) is 0 Å². The molecule has 0 aromatic carbocycles. The zero-order valence-electron chi connectivity index (χ0n) is 7.62. The zero-order chi connectivity index (χ0) is 9.68. The number of rotatable bonds is 4. The molecule has 0 spiro atoms. The molecule has 70 valence electrons. The molecule has 1 aromatic rings. The van der Waals surface area contributed by atoms with E-state index in [0.717, 1.165) is 19.6 Å². The van der Waals surface area contributed by atoms with Crippen LogP contribution in [0.2, 0.25) is 0 Å². The Morgan fingerprint density at radius 1 is 1.77 bits per heavy atom. The first-order valence-corrected chi connectivity index (χ1v) is 4.21. The van der Waals surface area contributed by atoms with Gasteiger partial charge in [-0.05, 0) is 6.54 Å². The summed E-state index contributed by atoms with van der Waals surface area (Å²) in [5.74, 6) is 0.445. The fourth-order valence-electron chi connectivity index (χ4n) is 1.03. The van der Waals surface area contributed by atoms with Gasteiger partial charge in [-0.1, -0.05) is 6.92 Å². The Morgan fingerprint density at radius 2 is 2.54 bits per heavy atom. The lowest BCUT2D eigenvalue weighted by Gasteiger charge is -2.04. The van der Waals surface area contributed by atoms with Crippen LogP contribution in [-0.4, -0.2) is 22.6 Å². The standard InChI is InChI=1S/C8H13N5/c1-2-11-3-4-13-6-12-7(5-9)8(13)10/h6,11H,2-4,10H2,1H3. The van der Waals surface area contributed by atoms with Crippen molar-refractivity contribution >= 4 is 5.82 Å². The number of imidazole rings is 1. The average molecular weight is 179 g/mol. The number of likely N-dealkylation sites (N-methyl/N-ethyl adjacent to an activating group) is 1. The van der Waals surface area contributed by atoms with Crippen LogP contribution in [0.25, 0.3) is 0 Å². The molecule has 1 rings (SSSR count). The van der Waals surface area contributed by atoms with Gasteiger partial charge in [0.2, 0.25) is 0 Å². The number of nitrogens with one attached hydrogen (secondary N) is 1. The van der Waals surface area contributed by atoms with Crippen molar-refractivity contribution in [1.29, 1.82) is 5.26 Å². The Morgan fingerprint density at radius 3 is 3.08 bits per heavy atom. The highest BCUT2D eigenvalue weighted by molar-refractivity contribution is 5.44. The third-order valence-electron chi connectivity index (χ3n) is 1.76. The summed E-state index contributed by atoms with van der Waals surface area (Å²) in [5.41, 5.74) is 5.95. The Hall–Kier alpha value is -1.54. The predicted molar refractivity (Wildman–Crippen MR) is 49.9 cm³/mol. The Labute approximate surface area is 77.2 Å². The molecule has 3 N–H and O–H groups in total. The molecule has 5 nitrogen and oxygen atoms in total. The molecule has 1 aromatic heterocycles. The summed E-state index contributed by atoms with van der Waals surface area (Å²) >= 11 is 0. The summed E-state index contributed by atoms with van der Waals surface area (Å²) in [5, 5.41) is 11.7. The topological polar surface area (TPSA) is 79.7 Å². The lowest BCUT2D eigenvalue weighted by atomic mass is 10.4. The lowest BCUT2D eigenvalue weighted by Crippen LogP contribution is -2.19. The number of nitrogen functional groups attached to an aromatic ring is 1. The van der Waals surface area contributed by atoms with Crippen LogP contribution in [-0.2, 0) is 6.54 Å². The van der Waals surface area contributed by atoms with Crippen LogP contribution in [0.3, 0.4) is 0 Å². The molecule has 13 heavy (non-hydrogen) atoms. The molecule has 0 bridgehead atoms. The van der Waals surface area contributed by atoms with Crippen LogP contribution in [0.1, 0.15) is 12.6 Å². The Balaban J connectivity index is 2.58. The first kappa shape index (κ1) is 9.55. The molecule has 0 unspecified atom stereocenters. The minimum Gasteiger partial charge on any atom is -0.383 e. The molecule has 1 heterocycles. The smallest absolute Gasteiger partial charge is 0.182 e. The van der Waals surface area contributed by atoms with Crippen molar-refractivity contribution in [1.82, 2.24) is 14.9 Å². The van der Waals surface area contributed by atoms with Crippen molar-refractivity contribution in [3.05, 3.63) is 12.0 Å². The number of nitriles is 1. The molecule has 0 radical (unpaired) electrons. The number of hydrogen-bond donors (Lipinski definition) is 2. The monoisotopic (exact) mass is 179 g/mol. The number of nitrogens with two attached hydrogens (primary N) is 1. The van der Waals surface area contributed by atoms with Crippen LogP contribution in [0, 0.1) is 11.3 Å². The van der Waals surface area contributed by atoms with E-state index in [2.05, 4.69) is 10.3 Å². The maximum Gasteiger partial charge on any atom is 0.182 e. The van der Waals surface area contributed by atoms with Gasteiger partial charge in [0.15, 0.2) is 5.69 Å². The van der Waals surface area contributed by atoms with Crippen LogP contribution in [0.15, 0.2) is 6.33 Å². The van der Waals surface area contributed by atoms with Crippen molar-refractivity contribution in [2.75, 3.05) is 18.8 Å². The van der Waals surface area contributed by atoms with E-state index < -0.39 is 0 Å². The van der Waals surface area contributed by atoms with Crippen molar-refractivity contribution in [3.63, 3.8) is 0 Å². The first-order valence-electron chi connectivity index (χ1n) is 4.21. The summed E-state index contributed by atoms with van der Waals surface area (Å²) in [6, 6.07) is 1.93. The van der Waals surface area contributed by atoms with E-state index in [9.17, 15) is 0 Å². The van der Waals surface area contributed by atoms with Crippen molar-refractivity contribution in [2.24, 2.45) is 0 Å². The highest BCUT2D eigenvalue weighted by Gasteiger charge is 2.04. The summed E-state index contributed by atoms with van der Waals surface area (Å²) in [4.78, 5) is 3.86. The van der Waals surface area contributed by atoms with Gasteiger partial charge in [0.25, 0.3) is 0 Å². The molecule has 0 saturated carbocycles. The van der Waals surface area contributed by atoms with E-state index in [0.29, 0.717) is 11.5 Å². The Bertz CT molecular complexity index is 309. The zero-order valence-corrected chi connectivity index (χ0v) is 7.62. The number of nitrogens with zero attached hydrogens (tertiary/aromatic N) is 3. The second kappa shape index (κ2) is 4.48. The van der Waals surface area contributed by atoms with Crippen LogP contribution >= 0.6 is 0 Å². The van der Waals surface area contributed by atoms with Crippen LogP contribution in [0.4, 0.5) is 5.82 Å². The van der Waals surface area contributed by atoms with Gasteiger partial charge in [-0.25, -0.2) is 4.98 Å². The van der Waals surface area contributed by atoms with Gasteiger partial charge in [0.1, 0.15) is 11.9 Å². The van der Waals surface area contributed by atoms with Gasteiger partial charge in [0.05, 0.1) is 6.33 Å². The van der Waals surface area contributed by atoms with Crippen LogP contribution in [0.5, 0.6) is 0 Å². The third kappa shape index (κ3) is 2.20. The van der Waals surface area contributed by atoms with Gasteiger partial charge < -0.3 is 15.6 Å². The SMILES string of the molecule is CCNCCn1cnc(C#N)c1N. The van der Waals surface area contributed by atoms with Crippen molar-refractivity contribution in [3.8, 4) is 6.07 Å². The highest BCUT2D eigenvalue weighted by Crippen LogP contribution is 2.07. The van der Waals surface area contributed by atoms with E-state index in [1.807, 2.05) is 13.0 Å². The fourth-order valence-corrected chi connectivity index (χ4v) is 1.03. The molecule has 0 atom stereocenters. The maximum absolute atomic E-state index is 8.58. The largest absolute Gasteiger partial charge is 0.383 e.